The van der Waals surface area contributed by atoms with Crippen LogP contribution in [0.4, 0.5) is 11.4 Å². The second-order valence-electron chi connectivity index (χ2n) is 3.88. The first-order valence-electron chi connectivity index (χ1n) is 5.58. The number of rotatable bonds is 4. The SMILES string of the molecule is O=[N+]([O-])c1cc(/C=N\Nc2ccc(Cl)cc2)ccc1O. The van der Waals surface area contributed by atoms with E-state index in [1.165, 1.54) is 24.4 Å². The summed E-state index contributed by atoms with van der Waals surface area (Å²) in [5.74, 6) is -0.377. The summed E-state index contributed by atoms with van der Waals surface area (Å²) in [4.78, 5) is 10.0. The number of hydrazone groups is 1. The van der Waals surface area contributed by atoms with E-state index in [1.54, 1.807) is 24.3 Å². The van der Waals surface area contributed by atoms with Crippen LogP contribution in [0.3, 0.4) is 0 Å². The molecule has 0 spiro atoms. The average Bonchev–Trinajstić information content (AvgIpc) is 2.42. The van der Waals surface area contributed by atoms with E-state index in [0.29, 0.717) is 10.6 Å². The maximum atomic E-state index is 10.7. The van der Waals surface area contributed by atoms with Crippen LogP contribution in [0.2, 0.25) is 5.02 Å². The molecule has 0 bridgehead atoms. The van der Waals surface area contributed by atoms with Gasteiger partial charge in [0.15, 0.2) is 5.75 Å². The van der Waals surface area contributed by atoms with Crippen LogP contribution in [0.1, 0.15) is 5.56 Å². The van der Waals surface area contributed by atoms with Crippen molar-refractivity contribution in [2.75, 3.05) is 5.43 Å². The lowest BCUT2D eigenvalue weighted by Gasteiger charge is -2.00. The van der Waals surface area contributed by atoms with Crippen LogP contribution in [0.25, 0.3) is 0 Å². The number of nitrogens with one attached hydrogen (secondary N) is 1. The van der Waals surface area contributed by atoms with Crippen LogP contribution in [-0.2, 0) is 0 Å². The molecule has 0 unspecified atom stereocenters. The minimum absolute atomic E-state index is 0.361. The summed E-state index contributed by atoms with van der Waals surface area (Å²) in [7, 11) is 0. The standard InChI is InChI=1S/C13H10ClN3O3/c14-10-2-4-11(5-3-10)16-15-8-9-1-6-13(18)12(7-9)17(19)20/h1-8,16,18H/b15-8-. The van der Waals surface area contributed by atoms with E-state index in [-0.39, 0.29) is 11.4 Å². The number of halogens is 1. The fourth-order valence-corrected chi connectivity index (χ4v) is 1.60. The smallest absolute Gasteiger partial charge is 0.311 e. The van der Waals surface area contributed by atoms with Gasteiger partial charge in [0.25, 0.3) is 0 Å². The van der Waals surface area contributed by atoms with Crippen LogP contribution in [-0.4, -0.2) is 16.2 Å². The number of phenols is 1. The molecule has 0 saturated carbocycles. The van der Waals surface area contributed by atoms with Crippen LogP contribution in [0.15, 0.2) is 47.6 Å². The molecule has 0 aliphatic heterocycles. The zero-order valence-corrected chi connectivity index (χ0v) is 10.9. The Labute approximate surface area is 119 Å². The largest absolute Gasteiger partial charge is 0.502 e. The molecule has 102 valence electrons. The third kappa shape index (κ3) is 3.46. The first-order chi connectivity index (χ1) is 9.56. The molecular weight excluding hydrogens is 282 g/mol. The van der Waals surface area contributed by atoms with E-state index >= 15 is 0 Å². The predicted octanol–water partition coefficient (Wildman–Crippen LogP) is 3.40. The highest BCUT2D eigenvalue weighted by Gasteiger charge is 2.12. The van der Waals surface area contributed by atoms with E-state index < -0.39 is 4.92 Å². The lowest BCUT2D eigenvalue weighted by molar-refractivity contribution is -0.385. The van der Waals surface area contributed by atoms with Gasteiger partial charge in [0.1, 0.15) is 0 Å². The molecule has 2 rings (SSSR count). The van der Waals surface area contributed by atoms with Crippen LogP contribution < -0.4 is 5.43 Å². The van der Waals surface area contributed by atoms with Gasteiger partial charge in [-0.15, -0.1) is 0 Å². The van der Waals surface area contributed by atoms with E-state index in [0.717, 1.165) is 5.69 Å². The van der Waals surface area contributed by atoms with Crippen LogP contribution in [0.5, 0.6) is 5.75 Å². The van der Waals surface area contributed by atoms with Crippen molar-refractivity contribution in [1.82, 2.24) is 0 Å². The van der Waals surface area contributed by atoms with Crippen molar-refractivity contribution in [3.8, 4) is 5.75 Å². The van der Waals surface area contributed by atoms with Gasteiger partial charge in [0, 0.05) is 16.7 Å². The zero-order valence-electron chi connectivity index (χ0n) is 10.2. The minimum Gasteiger partial charge on any atom is -0.502 e. The summed E-state index contributed by atoms with van der Waals surface area (Å²) in [6.45, 7) is 0. The van der Waals surface area contributed by atoms with E-state index in [4.69, 9.17) is 11.6 Å². The van der Waals surface area contributed by atoms with Crippen molar-refractivity contribution in [1.29, 1.82) is 0 Å². The fraction of sp³-hybridized carbons (Fsp3) is 0. The number of hydrogen-bond donors (Lipinski definition) is 2. The number of nitrogens with zero attached hydrogens (tertiary/aromatic N) is 2. The van der Waals surface area contributed by atoms with Gasteiger partial charge >= 0.3 is 5.69 Å². The Hall–Kier alpha value is -2.60. The second-order valence-corrected chi connectivity index (χ2v) is 4.32. The molecule has 7 heteroatoms. The van der Waals surface area contributed by atoms with Crippen molar-refractivity contribution in [3.05, 3.63) is 63.2 Å². The van der Waals surface area contributed by atoms with Crippen molar-refractivity contribution >= 4 is 29.2 Å². The molecule has 0 saturated heterocycles. The Morgan fingerprint density at radius 3 is 2.60 bits per heavy atom. The third-order valence-electron chi connectivity index (χ3n) is 2.45. The molecule has 0 aliphatic carbocycles. The van der Waals surface area contributed by atoms with E-state index in [9.17, 15) is 15.2 Å². The van der Waals surface area contributed by atoms with Gasteiger partial charge in [-0.2, -0.15) is 5.10 Å². The van der Waals surface area contributed by atoms with Crippen LogP contribution in [0, 0.1) is 10.1 Å². The van der Waals surface area contributed by atoms with Crippen molar-refractivity contribution in [3.63, 3.8) is 0 Å². The topological polar surface area (TPSA) is 87.8 Å². The number of benzene rings is 2. The van der Waals surface area contributed by atoms with Crippen molar-refractivity contribution in [2.24, 2.45) is 5.10 Å². The molecule has 2 N–H and O–H groups in total. The Morgan fingerprint density at radius 2 is 1.95 bits per heavy atom. The summed E-state index contributed by atoms with van der Waals surface area (Å²) >= 11 is 5.75. The number of nitro groups is 1. The molecule has 0 radical (unpaired) electrons. The number of aromatic hydroxyl groups is 1. The van der Waals surface area contributed by atoms with Gasteiger partial charge in [0.05, 0.1) is 16.8 Å². The Morgan fingerprint density at radius 1 is 1.25 bits per heavy atom. The molecule has 2 aromatic carbocycles. The number of hydrogen-bond acceptors (Lipinski definition) is 5. The maximum absolute atomic E-state index is 10.7. The predicted molar refractivity (Wildman–Crippen MR) is 77.4 cm³/mol. The molecular formula is C13H10ClN3O3. The average molecular weight is 292 g/mol. The summed E-state index contributed by atoms with van der Waals surface area (Å²) < 4.78 is 0. The van der Waals surface area contributed by atoms with Gasteiger partial charge in [-0.1, -0.05) is 11.6 Å². The molecule has 0 aliphatic rings. The number of anilines is 1. The lowest BCUT2D eigenvalue weighted by atomic mass is 10.2. The summed E-state index contributed by atoms with van der Waals surface area (Å²) in [5, 5.41) is 24.6. The molecule has 2 aromatic rings. The fourth-order valence-electron chi connectivity index (χ4n) is 1.47. The zero-order chi connectivity index (χ0) is 14.5. The van der Waals surface area contributed by atoms with E-state index in [2.05, 4.69) is 10.5 Å². The highest BCUT2D eigenvalue weighted by molar-refractivity contribution is 6.30. The molecule has 0 heterocycles. The Bertz CT molecular complexity index is 656. The first-order valence-corrected chi connectivity index (χ1v) is 5.96. The summed E-state index contributed by atoms with van der Waals surface area (Å²) in [5.41, 5.74) is 3.63. The molecule has 20 heavy (non-hydrogen) atoms. The van der Waals surface area contributed by atoms with Crippen LogP contribution >= 0.6 is 11.6 Å². The highest BCUT2D eigenvalue weighted by Crippen LogP contribution is 2.25. The molecule has 0 amide bonds. The Balaban J connectivity index is 2.10. The quantitative estimate of drug-likeness (QED) is 0.513. The lowest BCUT2D eigenvalue weighted by Crippen LogP contribution is -1.93. The number of nitro benzene ring substituents is 1. The monoisotopic (exact) mass is 291 g/mol. The van der Waals surface area contributed by atoms with Crippen molar-refractivity contribution < 1.29 is 10.0 Å². The van der Waals surface area contributed by atoms with E-state index in [1.807, 2.05) is 0 Å². The number of phenolic OH excluding ortho intramolecular Hbond substituents is 1. The van der Waals surface area contributed by atoms with Gasteiger partial charge in [-0.25, -0.2) is 0 Å². The molecule has 0 atom stereocenters. The van der Waals surface area contributed by atoms with Gasteiger partial charge < -0.3 is 5.11 Å². The third-order valence-corrected chi connectivity index (χ3v) is 2.70. The summed E-state index contributed by atoms with van der Waals surface area (Å²) in [6, 6.07) is 10.9. The highest BCUT2D eigenvalue weighted by atomic mass is 35.5. The van der Waals surface area contributed by atoms with Gasteiger partial charge in [-0.05, 0) is 36.4 Å². The summed E-state index contributed by atoms with van der Waals surface area (Å²) in [6.07, 6.45) is 1.42. The minimum atomic E-state index is -0.653. The van der Waals surface area contributed by atoms with Gasteiger partial charge in [-0.3, -0.25) is 15.5 Å². The van der Waals surface area contributed by atoms with Gasteiger partial charge in [0.2, 0.25) is 0 Å². The maximum Gasteiger partial charge on any atom is 0.311 e. The van der Waals surface area contributed by atoms with Crippen molar-refractivity contribution in [2.45, 2.75) is 0 Å². The second kappa shape index (κ2) is 6.03. The molecule has 0 aromatic heterocycles. The normalized spacial score (nSPS) is 10.7. The molecule has 6 nitrogen and oxygen atoms in total. The first kappa shape index (κ1) is 13.8. The molecule has 0 fully saturated rings. The Kier molecular flexibility index (Phi) is 4.17.